The molecule has 0 saturated heterocycles. The molecule has 26 heavy (non-hydrogen) atoms. The second-order valence-corrected chi connectivity index (χ2v) is 5.63. The lowest BCUT2D eigenvalue weighted by Crippen LogP contribution is -2.22. The summed E-state index contributed by atoms with van der Waals surface area (Å²) >= 11 is 0. The third-order valence-electron chi connectivity index (χ3n) is 4.19. The van der Waals surface area contributed by atoms with Gasteiger partial charge in [-0.3, -0.25) is 4.79 Å². The standard InChI is InChI=1S/C18H18O8/c1-23-11-5-4-8(19)6-9(11)12-7-10(20)13-14(21)17(24-2)15(22)18(25-3)16(13)26-12/h4-6,12,19,21-22H,7H2,1-3H3. The van der Waals surface area contributed by atoms with Crippen LogP contribution in [-0.4, -0.2) is 42.4 Å². The van der Waals surface area contributed by atoms with Crippen molar-refractivity contribution in [2.24, 2.45) is 0 Å². The second kappa shape index (κ2) is 6.55. The number of fused-ring (bicyclic) bond motifs is 1. The number of aromatic hydroxyl groups is 3. The highest BCUT2D eigenvalue weighted by molar-refractivity contribution is 6.05. The van der Waals surface area contributed by atoms with Crippen LogP contribution in [0.4, 0.5) is 0 Å². The average Bonchev–Trinajstić information content (AvgIpc) is 2.61. The number of Topliss-reactive ketones (excluding diaryl/α,β-unsaturated/α-hetero) is 1. The molecule has 0 fully saturated rings. The highest BCUT2D eigenvalue weighted by atomic mass is 16.5. The van der Waals surface area contributed by atoms with Crippen molar-refractivity contribution in [3.05, 3.63) is 29.3 Å². The van der Waals surface area contributed by atoms with E-state index in [9.17, 15) is 20.1 Å². The summed E-state index contributed by atoms with van der Waals surface area (Å²) in [6.45, 7) is 0. The molecule has 1 atom stereocenters. The van der Waals surface area contributed by atoms with Gasteiger partial charge in [0.1, 0.15) is 23.2 Å². The molecule has 0 amide bonds. The molecule has 1 aliphatic heterocycles. The van der Waals surface area contributed by atoms with E-state index in [2.05, 4.69) is 0 Å². The van der Waals surface area contributed by atoms with Gasteiger partial charge in [0.2, 0.25) is 17.2 Å². The van der Waals surface area contributed by atoms with Crippen LogP contribution >= 0.6 is 0 Å². The highest BCUT2D eigenvalue weighted by Gasteiger charge is 2.38. The van der Waals surface area contributed by atoms with Crippen molar-refractivity contribution in [3.8, 4) is 40.2 Å². The van der Waals surface area contributed by atoms with Crippen LogP contribution in [0, 0.1) is 0 Å². The number of methoxy groups -OCH3 is 3. The normalized spacial score (nSPS) is 15.8. The minimum atomic E-state index is -0.807. The van der Waals surface area contributed by atoms with Crippen molar-refractivity contribution in [2.45, 2.75) is 12.5 Å². The van der Waals surface area contributed by atoms with Crippen molar-refractivity contribution in [1.29, 1.82) is 0 Å². The summed E-state index contributed by atoms with van der Waals surface area (Å²) in [5, 5.41) is 30.3. The van der Waals surface area contributed by atoms with Gasteiger partial charge in [0.05, 0.1) is 27.8 Å². The minimum Gasteiger partial charge on any atom is -0.508 e. The van der Waals surface area contributed by atoms with Gasteiger partial charge >= 0.3 is 0 Å². The number of carbonyl (C=O) groups excluding carboxylic acids is 1. The van der Waals surface area contributed by atoms with Crippen molar-refractivity contribution in [2.75, 3.05) is 21.3 Å². The van der Waals surface area contributed by atoms with Gasteiger partial charge in [-0.2, -0.15) is 0 Å². The molecule has 0 aliphatic carbocycles. The van der Waals surface area contributed by atoms with Crippen LogP contribution in [0.25, 0.3) is 0 Å². The first-order valence-electron chi connectivity index (χ1n) is 7.69. The summed E-state index contributed by atoms with van der Waals surface area (Å²) in [7, 11) is 3.99. The summed E-state index contributed by atoms with van der Waals surface area (Å²) < 4.78 is 21.2. The van der Waals surface area contributed by atoms with E-state index in [0.717, 1.165) is 0 Å². The van der Waals surface area contributed by atoms with E-state index < -0.39 is 23.4 Å². The van der Waals surface area contributed by atoms with Crippen LogP contribution in [0.3, 0.4) is 0 Å². The molecule has 8 heteroatoms. The van der Waals surface area contributed by atoms with Gasteiger partial charge in [0.15, 0.2) is 17.3 Å². The summed E-state index contributed by atoms with van der Waals surface area (Å²) in [6, 6.07) is 4.43. The fraction of sp³-hybridized carbons (Fsp3) is 0.278. The molecule has 1 heterocycles. The molecule has 3 rings (SSSR count). The lowest BCUT2D eigenvalue weighted by atomic mass is 9.94. The molecular formula is C18H18O8. The lowest BCUT2D eigenvalue weighted by Gasteiger charge is -2.29. The Hall–Kier alpha value is -3.29. The maximum absolute atomic E-state index is 12.7. The topological polar surface area (TPSA) is 115 Å². The van der Waals surface area contributed by atoms with Crippen LogP contribution in [0.15, 0.2) is 18.2 Å². The summed E-state index contributed by atoms with van der Waals surface area (Å²) in [5.74, 6) is -1.54. The Morgan fingerprint density at radius 3 is 2.31 bits per heavy atom. The number of phenolic OH excluding ortho intramolecular Hbond substituents is 3. The van der Waals surface area contributed by atoms with E-state index in [1.807, 2.05) is 0 Å². The molecule has 0 bridgehead atoms. The number of hydrogen-bond acceptors (Lipinski definition) is 8. The number of benzene rings is 2. The summed E-state index contributed by atoms with van der Waals surface area (Å²) in [5.41, 5.74) is 0.315. The van der Waals surface area contributed by atoms with E-state index in [4.69, 9.17) is 18.9 Å². The summed E-state index contributed by atoms with van der Waals surface area (Å²) in [6.07, 6.45) is -0.921. The average molecular weight is 362 g/mol. The third-order valence-corrected chi connectivity index (χ3v) is 4.19. The molecule has 1 aliphatic rings. The Labute approximate surface area is 149 Å². The van der Waals surface area contributed by atoms with E-state index in [1.165, 1.54) is 33.5 Å². The lowest BCUT2D eigenvalue weighted by molar-refractivity contribution is 0.0830. The number of ether oxygens (including phenoxy) is 4. The van der Waals surface area contributed by atoms with E-state index in [1.54, 1.807) is 6.07 Å². The Morgan fingerprint density at radius 1 is 1.00 bits per heavy atom. The zero-order valence-corrected chi connectivity index (χ0v) is 14.4. The van der Waals surface area contributed by atoms with Crippen molar-refractivity contribution < 1.29 is 39.1 Å². The molecule has 0 radical (unpaired) electrons. The molecule has 3 N–H and O–H groups in total. The number of phenols is 3. The number of ketones is 1. The Balaban J connectivity index is 2.17. The SMILES string of the molecule is COc1ccc(O)cc1C1CC(=O)c2c(O)c(OC)c(O)c(OC)c2O1. The Bertz CT molecular complexity index is 874. The van der Waals surface area contributed by atoms with Crippen molar-refractivity contribution >= 4 is 5.78 Å². The summed E-state index contributed by atoms with van der Waals surface area (Å²) in [4.78, 5) is 12.7. The predicted molar refractivity (Wildman–Crippen MR) is 89.9 cm³/mol. The van der Waals surface area contributed by atoms with E-state index in [-0.39, 0.29) is 35.0 Å². The van der Waals surface area contributed by atoms with E-state index >= 15 is 0 Å². The smallest absolute Gasteiger partial charge is 0.208 e. The first-order valence-corrected chi connectivity index (χ1v) is 7.69. The fourth-order valence-electron chi connectivity index (χ4n) is 3.01. The van der Waals surface area contributed by atoms with Crippen molar-refractivity contribution in [1.82, 2.24) is 0 Å². The highest BCUT2D eigenvalue weighted by Crippen LogP contribution is 2.56. The van der Waals surface area contributed by atoms with Crippen LogP contribution in [0.2, 0.25) is 0 Å². The van der Waals surface area contributed by atoms with Gasteiger partial charge in [0, 0.05) is 5.56 Å². The molecule has 0 spiro atoms. The molecule has 0 saturated carbocycles. The van der Waals surface area contributed by atoms with Gasteiger partial charge in [-0.15, -0.1) is 0 Å². The van der Waals surface area contributed by atoms with Crippen LogP contribution < -0.4 is 18.9 Å². The molecule has 2 aromatic carbocycles. The zero-order chi connectivity index (χ0) is 19.0. The largest absolute Gasteiger partial charge is 0.508 e. The molecule has 0 aromatic heterocycles. The number of rotatable bonds is 4. The maximum atomic E-state index is 12.7. The Kier molecular flexibility index (Phi) is 4.41. The first-order chi connectivity index (χ1) is 12.4. The molecule has 2 aromatic rings. The van der Waals surface area contributed by atoms with Gasteiger partial charge in [0.25, 0.3) is 0 Å². The van der Waals surface area contributed by atoms with Crippen LogP contribution in [0.5, 0.6) is 40.2 Å². The van der Waals surface area contributed by atoms with Crippen LogP contribution in [0.1, 0.15) is 28.4 Å². The fourth-order valence-corrected chi connectivity index (χ4v) is 3.01. The molecule has 138 valence electrons. The number of carbonyl (C=O) groups is 1. The monoisotopic (exact) mass is 362 g/mol. The third kappa shape index (κ3) is 2.59. The molecule has 8 nitrogen and oxygen atoms in total. The van der Waals surface area contributed by atoms with Crippen molar-refractivity contribution in [3.63, 3.8) is 0 Å². The quantitative estimate of drug-likeness (QED) is 0.760. The maximum Gasteiger partial charge on any atom is 0.208 e. The van der Waals surface area contributed by atoms with Gasteiger partial charge in [-0.25, -0.2) is 0 Å². The predicted octanol–water partition coefficient (Wildman–Crippen LogP) is 2.54. The zero-order valence-electron chi connectivity index (χ0n) is 14.4. The Morgan fingerprint density at radius 2 is 1.69 bits per heavy atom. The number of hydrogen-bond donors (Lipinski definition) is 3. The molecule has 1 unspecified atom stereocenters. The van der Waals surface area contributed by atoms with Crippen LogP contribution in [-0.2, 0) is 0 Å². The minimum absolute atomic E-state index is 0.0185. The van der Waals surface area contributed by atoms with Gasteiger partial charge in [-0.05, 0) is 18.2 Å². The van der Waals surface area contributed by atoms with Gasteiger partial charge < -0.3 is 34.3 Å². The second-order valence-electron chi connectivity index (χ2n) is 5.63. The molecular weight excluding hydrogens is 344 g/mol. The van der Waals surface area contributed by atoms with E-state index in [0.29, 0.717) is 11.3 Å². The first kappa shape index (κ1) is 17.5. The van der Waals surface area contributed by atoms with Gasteiger partial charge in [-0.1, -0.05) is 0 Å².